The third-order valence-corrected chi connectivity index (χ3v) is 6.56. The standard InChI is InChI=1S/C30H24N6O6/c1-3-41-23-15-20(19-6-4-5-18(13-19)14-24-28(37)33-30(39)42-24)9-12-22(23)26-31-27-25(29(38)32-26)34-35-36(27)16-17-7-10-21(40-2)11-8-17/h4-15H,3,16H2,1-2H3,(H,31,32,38)(H,33,37,39). The number of hydrogen-bond acceptors (Lipinski definition) is 9. The second-order valence-electron chi connectivity index (χ2n) is 9.30. The quantitative estimate of drug-likeness (QED) is 0.267. The lowest BCUT2D eigenvalue weighted by Gasteiger charge is -2.13. The maximum absolute atomic E-state index is 13.0. The minimum absolute atomic E-state index is 0.0753. The van der Waals surface area contributed by atoms with Gasteiger partial charge in [0, 0.05) is 0 Å². The number of cyclic esters (lactones) is 1. The van der Waals surface area contributed by atoms with Crippen molar-refractivity contribution in [2.24, 2.45) is 0 Å². The van der Waals surface area contributed by atoms with Crippen LogP contribution in [0.5, 0.6) is 11.5 Å². The first-order valence-electron chi connectivity index (χ1n) is 13.0. The van der Waals surface area contributed by atoms with Crippen molar-refractivity contribution in [1.29, 1.82) is 0 Å². The molecule has 42 heavy (non-hydrogen) atoms. The number of nitrogens with zero attached hydrogens (tertiary/aromatic N) is 4. The molecule has 2 aromatic heterocycles. The predicted octanol–water partition coefficient (Wildman–Crippen LogP) is 3.91. The fourth-order valence-electron chi connectivity index (χ4n) is 4.56. The van der Waals surface area contributed by atoms with Crippen LogP contribution in [0, 0.1) is 0 Å². The van der Waals surface area contributed by atoms with Crippen LogP contribution < -0.4 is 20.3 Å². The number of alkyl carbamates (subject to hydrolysis) is 1. The number of aromatic nitrogens is 5. The van der Waals surface area contributed by atoms with Crippen LogP contribution in [0.25, 0.3) is 39.8 Å². The van der Waals surface area contributed by atoms with E-state index >= 15 is 0 Å². The number of fused-ring (bicyclic) bond motifs is 1. The number of H-pyrrole nitrogens is 1. The van der Waals surface area contributed by atoms with Crippen molar-refractivity contribution < 1.29 is 23.8 Å². The SMILES string of the molecule is CCOc1cc(-c2cccc(C=C3OC(=O)NC3=O)c2)ccc1-c1nc2c(nnn2Cc2ccc(OC)cc2)c(=O)[nH]1. The van der Waals surface area contributed by atoms with Gasteiger partial charge in [0.15, 0.2) is 16.9 Å². The molecule has 6 rings (SSSR count). The smallest absolute Gasteiger partial charge is 0.419 e. The summed E-state index contributed by atoms with van der Waals surface area (Å²) in [6.07, 6.45) is 0.693. The molecule has 1 saturated heterocycles. The molecule has 0 unspecified atom stereocenters. The molecule has 12 heteroatoms. The zero-order valence-electron chi connectivity index (χ0n) is 22.6. The molecule has 1 aliphatic heterocycles. The number of carbonyl (C=O) groups is 2. The van der Waals surface area contributed by atoms with E-state index in [2.05, 4.69) is 20.6 Å². The highest BCUT2D eigenvalue weighted by Gasteiger charge is 2.26. The Labute approximate surface area is 238 Å². The van der Waals surface area contributed by atoms with Crippen molar-refractivity contribution in [1.82, 2.24) is 30.3 Å². The van der Waals surface area contributed by atoms with Gasteiger partial charge in [-0.25, -0.2) is 14.5 Å². The summed E-state index contributed by atoms with van der Waals surface area (Å²) in [6, 6.07) is 20.4. The van der Waals surface area contributed by atoms with Crippen LogP contribution in [0.3, 0.4) is 0 Å². The van der Waals surface area contributed by atoms with Gasteiger partial charge in [-0.05, 0) is 65.6 Å². The molecule has 2 N–H and O–H groups in total. The van der Waals surface area contributed by atoms with Gasteiger partial charge in [0.05, 0.1) is 25.8 Å². The lowest BCUT2D eigenvalue weighted by atomic mass is 10.0. The summed E-state index contributed by atoms with van der Waals surface area (Å²) < 4.78 is 17.7. The molecule has 0 bridgehead atoms. The van der Waals surface area contributed by atoms with Gasteiger partial charge in [-0.15, -0.1) is 5.10 Å². The van der Waals surface area contributed by atoms with Crippen LogP contribution in [0.1, 0.15) is 18.1 Å². The van der Waals surface area contributed by atoms with Crippen molar-refractivity contribution in [3.63, 3.8) is 0 Å². The molecule has 0 atom stereocenters. The Hall–Kier alpha value is -5.78. The molecule has 0 saturated carbocycles. The highest BCUT2D eigenvalue weighted by atomic mass is 16.6. The van der Waals surface area contributed by atoms with Crippen molar-refractivity contribution in [3.8, 4) is 34.0 Å². The zero-order chi connectivity index (χ0) is 29.2. The van der Waals surface area contributed by atoms with E-state index in [0.29, 0.717) is 41.5 Å². The molecule has 2 amide bonds. The molecule has 3 aromatic carbocycles. The first-order valence-corrected chi connectivity index (χ1v) is 13.0. The van der Waals surface area contributed by atoms with Gasteiger partial charge >= 0.3 is 6.09 Å². The molecule has 0 aliphatic carbocycles. The van der Waals surface area contributed by atoms with E-state index in [1.54, 1.807) is 17.9 Å². The largest absolute Gasteiger partial charge is 0.497 e. The van der Waals surface area contributed by atoms with E-state index in [-0.39, 0.29) is 11.3 Å². The summed E-state index contributed by atoms with van der Waals surface area (Å²) in [5.74, 6) is 0.898. The van der Waals surface area contributed by atoms with E-state index in [1.807, 2.05) is 67.6 Å². The topological polar surface area (TPSA) is 150 Å². The van der Waals surface area contributed by atoms with Crippen LogP contribution in [0.15, 0.2) is 77.3 Å². The van der Waals surface area contributed by atoms with Crippen LogP contribution in [0.4, 0.5) is 4.79 Å². The summed E-state index contributed by atoms with van der Waals surface area (Å²) in [5.41, 5.74) is 3.91. The number of ether oxygens (including phenoxy) is 3. The van der Waals surface area contributed by atoms with Crippen LogP contribution in [-0.2, 0) is 16.1 Å². The number of nitrogens with one attached hydrogen (secondary N) is 2. The van der Waals surface area contributed by atoms with Gasteiger partial charge in [0.2, 0.25) is 0 Å². The monoisotopic (exact) mass is 564 g/mol. The van der Waals surface area contributed by atoms with E-state index in [0.717, 1.165) is 22.4 Å². The molecule has 12 nitrogen and oxygen atoms in total. The molecule has 5 aromatic rings. The minimum atomic E-state index is -0.802. The van der Waals surface area contributed by atoms with E-state index in [4.69, 9.17) is 19.2 Å². The van der Waals surface area contributed by atoms with E-state index in [1.165, 1.54) is 6.08 Å². The highest BCUT2D eigenvalue weighted by Crippen LogP contribution is 2.33. The van der Waals surface area contributed by atoms with E-state index in [9.17, 15) is 14.4 Å². The van der Waals surface area contributed by atoms with Gasteiger partial charge in [0.1, 0.15) is 17.3 Å². The van der Waals surface area contributed by atoms with E-state index < -0.39 is 17.6 Å². The minimum Gasteiger partial charge on any atom is -0.497 e. The molecule has 1 aliphatic rings. The molecule has 3 heterocycles. The lowest BCUT2D eigenvalue weighted by Crippen LogP contribution is -2.18. The van der Waals surface area contributed by atoms with Crippen molar-refractivity contribution in [3.05, 3.63) is 94.0 Å². The maximum atomic E-state index is 13.0. The molecule has 210 valence electrons. The fourth-order valence-corrected chi connectivity index (χ4v) is 4.56. The van der Waals surface area contributed by atoms with Gasteiger partial charge in [-0.2, -0.15) is 0 Å². The molecule has 0 spiro atoms. The number of hydrogen-bond donors (Lipinski definition) is 2. The Morgan fingerprint density at radius 1 is 1.00 bits per heavy atom. The van der Waals surface area contributed by atoms with Crippen LogP contribution in [0.2, 0.25) is 0 Å². The summed E-state index contributed by atoms with van der Waals surface area (Å²) >= 11 is 0. The lowest BCUT2D eigenvalue weighted by molar-refractivity contribution is -0.116. The molecule has 0 radical (unpaired) electrons. The molecule has 1 fully saturated rings. The second-order valence-corrected chi connectivity index (χ2v) is 9.30. The Morgan fingerprint density at radius 2 is 1.81 bits per heavy atom. The van der Waals surface area contributed by atoms with Gasteiger partial charge in [0.25, 0.3) is 11.5 Å². The fraction of sp³-hybridized carbons (Fsp3) is 0.133. The summed E-state index contributed by atoms with van der Waals surface area (Å²) in [5, 5.41) is 10.3. The average Bonchev–Trinajstić information content (AvgIpc) is 3.55. The highest BCUT2D eigenvalue weighted by molar-refractivity contribution is 6.09. The number of carbonyl (C=O) groups excluding carboxylic acids is 2. The number of rotatable bonds is 8. The first-order chi connectivity index (χ1) is 20.4. The third-order valence-electron chi connectivity index (χ3n) is 6.56. The third kappa shape index (κ3) is 5.20. The Bertz CT molecular complexity index is 1930. The second kappa shape index (κ2) is 11.0. The van der Waals surface area contributed by atoms with Gasteiger partial charge < -0.3 is 19.2 Å². The Kier molecular flexibility index (Phi) is 6.93. The number of imide groups is 1. The number of benzene rings is 3. The van der Waals surface area contributed by atoms with Crippen LogP contribution >= 0.6 is 0 Å². The molecular formula is C30H24N6O6. The summed E-state index contributed by atoms with van der Waals surface area (Å²) in [4.78, 5) is 43.7. The summed E-state index contributed by atoms with van der Waals surface area (Å²) in [7, 11) is 1.60. The number of methoxy groups -OCH3 is 1. The Morgan fingerprint density at radius 3 is 2.55 bits per heavy atom. The summed E-state index contributed by atoms with van der Waals surface area (Å²) in [6.45, 7) is 2.61. The zero-order valence-corrected chi connectivity index (χ0v) is 22.6. The van der Waals surface area contributed by atoms with Gasteiger partial charge in [-0.1, -0.05) is 41.6 Å². The van der Waals surface area contributed by atoms with Crippen molar-refractivity contribution in [2.45, 2.75) is 13.5 Å². The number of amides is 2. The van der Waals surface area contributed by atoms with Gasteiger partial charge in [-0.3, -0.25) is 14.9 Å². The molecular weight excluding hydrogens is 540 g/mol. The van der Waals surface area contributed by atoms with Crippen molar-refractivity contribution in [2.75, 3.05) is 13.7 Å². The average molecular weight is 565 g/mol. The predicted molar refractivity (Wildman–Crippen MR) is 153 cm³/mol. The normalized spacial score (nSPS) is 13.8. The Balaban J connectivity index is 1.36. The maximum Gasteiger partial charge on any atom is 0.419 e. The van der Waals surface area contributed by atoms with Crippen LogP contribution in [-0.4, -0.2) is 50.7 Å². The number of aromatic amines is 1. The first kappa shape index (κ1) is 26.4. The van der Waals surface area contributed by atoms with Crippen molar-refractivity contribution >= 4 is 29.2 Å².